The first-order valence-electron chi connectivity index (χ1n) is 10.6. The smallest absolute Gasteiger partial charge is 0.113 e. The van der Waals surface area contributed by atoms with E-state index in [0.717, 1.165) is 29.8 Å². The molecule has 1 aliphatic heterocycles. The van der Waals surface area contributed by atoms with Crippen LogP contribution in [0.4, 0.5) is 0 Å². The molecule has 1 heterocycles. The quantitative estimate of drug-likeness (QED) is 0.577. The number of benzene rings is 3. The predicted molar refractivity (Wildman–Crippen MR) is 118 cm³/mol. The van der Waals surface area contributed by atoms with Gasteiger partial charge in [-0.3, -0.25) is 0 Å². The number of piperidine rings is 1. The number of nitrogens with one attached hydrogen (secondary N) is 1. The van der Waals surface area contributed by atoms with Gasteiger partial charge in [0.25, 0.3) is 0 Å². The van der Waals surface area contributed by atoms with Gasteiger partial charge in [-0.1, -0.05) is 91.0 Å². The first-order valence-corrected chi connectivity index (χ1v) is 10.6. The molecule has 0 amide bonds. The molecule has 0 aliphatic carbocycles. The fraction of sp³-hybridized carbons (Fsp3) is 0.308. The van der Waals surface area contributed by atoms with E-state index in [1.165, 1.54) is 0 Å². The van der Waals surface area contributed by atoms with Crippen molar-refractivity contribution in [3.63, 3.8) is 0 Å². The average molecular weight is 404 g/mol. The van der Waals surface area contributed by atoms with E-state index in [2.05, 4.69) is 41.7 Å². The number of hydrogen-bond acceptors (Lipinski definition) is 4. The van der Waals surface area contributed by atoms with Gasteiger partial charge in [0, 0.05) is 13.1 Å². The van der Waals surface area contributed by atoms with Crippen molar-refractivity contribution in [2.45, 2.75) is 38.1 Å². The molecule has 4 heteroatoms. The molecule has 0 radical (unpaired) electrons. The van der Waals surface area contributed by atoms with Crippen LogP contribution in [0.2, 0.25) is 0 Å². The van der Waals surface area contributed by atoms with E-state index in [9.17, 15) is 0 Å². The molecule has 3 atom stereocenters. The molecule has 3 aromatic rings. The Balaban J connectivity index is 1.42. The van der Waals surface area contributed by atoms with Crippen molar-refractivity contribution in [3.05, 3.63) is 108 Å². The van der Waals surface area contributed by atoms with Gasteiger partial charge in [0.2, 0.25) is 0 Å². The minimum absolute atomic E-state index is 0.0801. The Morgan fingerprint density at radius 3 is 1.30 bits per heavy atom. The summed E-state index contributed by atoms with van der Waals surface area (Å²) in [5, 5.41) is 3.46. The standard InChI is InChI=1S/C26H29NO3/c1-4-10-21(11-5-1)18-28-24-16-27-17-25(29-19-22-12-6-2-7-13-22)26(24)30-20-23-14-8-3-9-15-23/h1-15,24-27H,16-20H2/t24-,25+,26?. The van der Waals surface area contributed by atoms with Crippen molar-refractivity contribution in [1.29, 1.82) is 0 Å². The van der Waals surface area contributed by atoms with Crippen LogP contribution in [-0.4, -0.2) is 31.4 Å². The molecule has 0 spiro atoms. The molecule has 0 saturated carbocycles. The van der Waals surface area contributed by atoms with Crippen LogP contribution in [0.25, 0.3) is 0 Å². The van der Waals surface area contributed by atoms with E-state index in [-0.39, 0.29) is 18.3 Å². The third-order valence-corrected chi connectivity index (χ3v) is 5.32. The molecular formula is C26H29NO3. The summed E-state index contributed by atoms with van der Waals surface area (Å²) in [6.07, 6.45) is -0.300. The third-order valence-electron chi connectivity index (χ3n) is 5.32. The highest BCUT2D eigenvalue weighted by Crippen LogP contribution is 2.20. The van der Waals surface area contributed by atoms with E-state index in [4.69, 9.17) is 14.2 Å². The minimum atomic E-state index is -0.140. The topological polar surface area (TPSA) is 39.7 Å². The molecule has 30 heavy (non-hydrogen) atoms. The van der Waals surface area contributed by atoms with Gasteiger partial charge in [0.05, 0.1) is 32.0 Å². The first kappa shape index (κ1) is 20.8. The molecule has 1 fully saturated rings. The van der Waals surface area contributed by atoms with Crippen LogP contribution >= 0.6 is 0 Å². The minimum Gasteiger partial charge on any atom is -0.369 e. The molecule has 3 aromatic carbocycles. The van der Waals surface area contributed by atoms with E-state index in [1.54, 1.807) is 0 Å². The second-order valence-corrected chi connectivity index (χ2v) is 7.59. The third kappa shape index (κ3) is 6.00. The summed E-state index contributed by atoms with van der Waals surface area (Å²) >= 11 is 0. The lowest BCUT2D eigenvalue weighted by atomic mass is 10.0. The number of hydrogen-bond donors (Lipinski definition) is 1. The molecule has 0 bridgehead atoms. The van der Waals surface area contributed by atoms with E-state index in [0.29, 0.717) is 19.8 Å². The maximum atomic E-state index is 6.38. The van der Waals surface area contributed by atoms with Crippen molar-refractivity contribution < 1.29 is 14.2 Å². The van der Waals surface area contributed by atoms with Gasteiger partial charge >= 0.3 is 0 Å². The highest BCUT2D eigenvalue weighted by atomic mass is 16.6. The zero-order valence-electron chi connectivity index (χ0n) is 17.2. The fourth-order valence-electron chi connectivity index (χ4n) is 3.68. The van der Waals surface area contributed by atoms with Crippen molar-refractivity contribution in [3.8, 4) is 0 Å². The second-order valence-electron chi connectivity index (χ2n) is 7.59. The Morgan fingerprint density at radius 2 is 0.900 bits per heavy atom. The highest BCUT2D eigenvalue weighted by Gasteiger charge is 2.35. The Labute approximate surface area is 178 Å². The molecule has 156 valence electrons. The number of ether oxygens (including phenoxy) is 3. The predicted octanol–water partition coefficient (Wildman–Crippen LogP) is 4.35. The van der Waals surface area contributed by atoms with Crippen molar-refractivity contribution in [2.24, 2.45) is 0 Å². The van der Waals surface area contributed by atoms with Crippen LogP contribution in [-0.2, 0) is 34.0 Å². The normalized spacial score (nSPS) is 21.4. The summed E-state index contributed by atoms with van der Waals surface area (Å²) in [5.74, 6) is 0. The highest BCUT2D eigenvalue weighted by molar-refractivity contribution is 5.15. The lowest BCUT2D eigenvalue weighted by molar-refractivity contribution is -0.162. The van der Waals surface area contributed by atoms with Gasteiger partial charge in [-0.05, 0) is 16.7 Å². The van der Waals surface area contributed by atoms with Crippen LogP contribution in [0.15, 0.2) is 91.0 Å². The van der Waals surface area contributed by atoms with Gasteiger partial charge in [-0.15, -0.1) is 0 Å². The Morgan fingerprint density at radius 1 is 0.533 bits per heavy atom. The summed E-state index contributed by atoms with van der Waals surface area (Å²) in [5.41, 5.74) is 3.47. The molecule has 4 nitrogen and oxygen atoms in total. The van der Waals surface area contributed by atoms with Crippen LogP contribution in [0.5, 0.6) is 0 Å². The van der Waals surface area contributed by atoms with Gasteiger partial charge < -0.3 is 19.5 Å². The first-order chi connectivity index (χ1) is 14.9. The van der Waals surface area contributed by atoms with Crippen LogP contribution in [0, 0.1) is 0 Å². The maximum absolute atomic E-state index is 6.38. The van der Waals surface area contributed by atoms with Crippen molar-refractivity contribution in [1.82, 2.24) is 5.32 Å². The second kappa shape index (κ2) is 11.0. The van der Waals surface area contributed by atoms with Crippen molar-refractivity contribution >= 4 is 0 Å². The Kier molecular flexibility index (Phi) is 7.64. The fourth-order valence-corrected chi connectivity index (χ4v) is 3.68. The molecule has 1 saturated heterocycles. The lowest BCUT2D eigenvalue weighted by Gasteiger charge is -2.38. The molecule has 1 aliphatic rings. The van der Waals surface area contributed by atoms with Gasteiger partial charge in [-0.2, -0.15) is 0 Å². The van der Waals surface area contributed by atoms with Gasteiger partial charge in [-0.25, -0.2) is 0 Å². The summed E-state index contributed by atoms with van der Waals surface area (Å²) in [6.45, 7) is 3.16. The van der Waals surface area contributed by atoms with Crippen LogP contribution in [0.1, 0.15) is 16.7 Å². The summed E-state index contributed by atoms with van der Waals surface area (Å²) in [7, 11) is 0. The van der Waals surface area contributed by atoms with Gasteiger partial charge in [0.1, 0.15) is 6.10 Å². The largest absolute Gasteiger partial charge is 0.369 e. The number of rotatable bonds is 9. The molecule has 1 unspecified atom stereocenters. The zero-order valence-corrected chi connectivity index (χ0v) is 17.2. The molecule has 0 aromatic heterocycles. The Bertz CT molecular complexity index is 806. The average Bonchev–Trinajstić information content (AvgIpc) is 2.82. The SMILES string of the molecule is c1ccc(COC2[C@@H](OCc3ccccc3)CNC[C@H]2OCc2ccccc2)cc1. The summed E-state index contributed by atoms with van der Waals surface area (Å²) in [4.78, 5) is 0. The molecule has 1 N–H and O–H groups in total. The van der Waals surface area contributed by atoms with E-state index in [1.807, 2.05) is 54.6 Å². The van der Waals surface area contributed by atoms with E-state index >= 15 is 0 Å². The maximum Gasteiger partial charge on any atom is 0.113 e. The Hall–Kier alpha value is -2.50. The molecule has 4 rings (SSSR count). The monoisotopic (exact) mass is 403 g/mol. The van der Waals surface area contributed by atoms with Crippen LogP contribution in [0.3, 0.4) is 0 Å². The van der Waals surface area contributed by atoms with Crippen molar-refractivity contribution in [2.75, 3.05) is 13.1 Å². The zero-order chi connectivity index (χ0) is 20.4. The van der Waals surface area contributed by atoms with E-state index < -0.39 is 0 Å². The lowest BCUT2D eigenvalue weighted by Crippen LogP contribution is -2.56. The summed E-state index contributed by atoms with van der Waals surface area (Å²) in [6, 6.07) is 30.8. The van der Waals surface area contributed by atoms with Gasteiger partial charge in [0.15, 0.2) is 0 Å². The molecular weight excluding hydrogens is 374 g/mol. The van der Waals surface area contributed by atoms with Crippen LogP contribution < -0.4 is 5.32 Å². The summed E-state index contributed by atoms with van der Waals surface area (Å²) < 4.78 is 19.0.